The molecule has 1 heterocycles. The molecular formula is C16H21ClN2O5S2. The molecule has 0 aromatic heterocycles. The highest BCUT2D eigenvalue weighted by molar-refractivity contribution is 7.93. The van der Waals surface area contributed by atoms with Gasteiger partial charge >= 0.3 is 0 Å². The van der Waals surface area contributed by atoms with E-state index in [0.717, 1.165) is 11.7 Å². The van der Waals surface area contributed by atoms with E-state index in [0.29, 0.717) is 17.9 Å². The van der Waals surface area contributed by atoms with Crippen LogP contribution >= 0.6 is 11.6 Å². The molecule has 26 heavy (non-hydrogen) atoms. The summed E-state index contributed by atoms with van der Waals surface area (Å²) in [6, 6.07) is 5.98. The predicted octanol–water partition coefficient (Wildman–Crippen LogP) is 1.42. The van der Waals surface area contributed by atoms with Crippen molar-refractivity contribution < 1.29 is 21.6 Å². The third-order valence-corrected chi connectivity index (χ3v) is 6.87. The molecule has 1 aromatic rings. The van der Waals surface area contributed by atoms with E-state index in [1.165, 1.54) is 34.6 Å². The van der Waals surface area contributed by atoms with Gasteiger partial charge in [-0.1, -0.05) is 17.7 Å². The van der Waals surface area contributed by atoms with Crippen molar-refractivity contribution in [3.63, 3.8) is 0 Å². The Labute approximate surface area is 159 Å². The van der Waals surface area contributed by atoms with Crippen molar-refractivity contribution in [1.82, 2.24) is 9.62 Å². The fraction of sp³-hybridized carbons (Fsp3) is 0.438. The first-order valence-electron chi connectivity index (χ1n) is 7.99. The summed E-state index contributed by atoms with van der Waals surface area (Å²) in [5.74, 6) is -0.495. The molecule has 7 nitrogen and oxygen atoms in total. The molecule has 0 atom stereocenters. The molecule has 1 saturated heterocycles. The van der Waals surface area contributed by atoms with E-state index in [1.54, 1.807) is 0 Å². The maximum absolute atomic E-state index is 12.6. The fourth-order valence-corrected chi connectivity index (χ4v) is 4.68. The lowest BCUT2D eigenvalue weighted by atomic mass is 9.97. The first-order chi connectivity index (χ1) is 12.1. The van der Waals surface area contributed by atoms with Gasteiger partial charge in [-0.05, 0) is 37.1 Å². The second kappa shape index (κ2) is 8.51. The van der Waals surface area contributed by atoms with Crippen LogP contribution in [0.4, 0.5) is 0 Å². The molecule has 1 aliphatic rings. The van der Waals surface area contributed by atoms with E-state index in [4.69, 9.17) is 11.6 Å². The van der Waals surface area contributed by atoms with Gasteiger partial charge in [-0.25, -0.2) is 16.8 Å². The topological polar surface area (TPSA) is 101 Å². The number of carbonyl (C=O) groups is 1. The van der Waals surface area contributed by atoms with Crippen molar-refractivity contribution in [2.75, 3.05) is 25.9 Å². The first kappa shape index (κ1) is 20.9. The summed E-state index contributed by atoms with van der Waals surface area (Å²) >= 11 is 5.79. The van der Waals surface area contributed by atoms with Crippen LogP contribution in [-0.4, -0.2) is 52.9 Å². The van der Waals surface area contributed by atoms with Crippen molar-refractivity contribution in [2.24, 2.45) is 5.92 Å². The number of hydrogen-bond donors (Lipinski definition) is 1. The Kier molecular flexibility index (Phi) is 6.84. The minimum absolute atomic E-state index is 0.120. The third kappa shape index (κ3) is 5.80. The van der Waals surface area contributed by atoms with Gasteiger partial charge in [0.25, 0.3) is 0 Å². The summed E-state index contributed by atoms with van der Waals surface area (Å²) in [6.07, 6.45) is 3.26. The maximum Gasteiger partial charge on any atom is 0.243 e. The SMILES string of the molecule is CS(=O)(=O)/C=C/CNC(=O)C1CCN(S(=O)(=O)c2ccc(Cl)cc2)CC1. The zero-order valence-electron chi connectivity index (χ0n) is 14.3. The second-order valence-corrected chi connectivity index (χ2v) is 10.4. The molecule has 0 radical (unpaired) electrons. The normalized spacial score (nSPS) is 17.5. The molecule has 10 heteroatoms. The van der Waals surface area contributed by atoms with E-state index in [1.807, 2.05) is 0 Å². The molecule has 0 aliphatic carbocycles. The minimum Gasteiger partial charge on any atom is -0.352 e. The van der Waals surface area contributed by atoms with Crippen molar-refractivity contribution in [3.05, 3.63) is 40.8 Å². The molecule has 1 N–H and O–H groups in total. The van der Waals surface area contributed by atoms with Gasteiger partial charge in [-0.3, -0.25) is 4.79 Å². The Morgan fingerprint density at radius 3 is 2.31 bits per heavy atom. The van der Waals surface area contributed by atoms with Crippen LogP contribution < -0.4 is 5.32 Å². The van der Waals surface area contributed by atoms with E-state index in [2.05, 4.69) is 5.32 Å². The molecule has 0 unspecified atom stereocenters. The fourth-order valence-electron chi connectivity index (χ4n) is 2.64. The van der Waals surface area contributed by atoms with Gasteiger partial charge in [-0.2, -0.15) is 4.31 Å². The lowest BCUT2D eigenvalue weighted by Crippen LogP contribution is -2.43. The van der Waals surface area contributed by atoms with Crippen molar-refractivity contribution in [2.45, 2.75) is 17.7 Å². The lowest BCUT2D eigenvalue weighted by Gasteiger charge is -2.30. The summed E-state index contributed by atoms with van der Waals surface area (Å²) in [4.78, 5) is 12.3. The Morgan fingerprint density at radius 1 is 1.19 bits per heavy atom. The number of nitrogens with zero attached hydrogens (tertiary/aromatic N) is 1. The maximum atomic E-state index is 12.6. The largest absolute Gasteiger partial charge is 0.352 e. The molecule has 1 aromatic carbocycles. The van der Waals surface area contributed by atoms with Crippen molar-refractivity contribution in [3.8, 4) is 0 Å². The molecule has 144 valence electrons. The number of rotatable bonds is 6. The summed E-state index contributed by atoms with van der Waals surface area (Å²) in [5.41, 5.74) is 0. The first-order valence-corrected chi connectivity index (χ1v) is 11.8. The summed E-state index contributed by atoms with van der Waals surface area (Å²) in [7, 11) is -6.81. The monoisotopic (exact) mass is 420 g/mol. The zero-order chi connectivity index (χ0) is 19.4. The van der Waals surface area contributed by atoms with Gasteiger partial charge < -0.3 is 5.32 Å². The standard InChI is InChI=1S/C16H21ClN2O5S2/c1-25(21,22)12-2-9-18-16(20)13-7-10-19(11-8-13)26(23,24)15-5-3-14(17)4-6-15/h2-6,12-13H,7-11H2,1H3,(H,18,20)/b12-2+. The Bertz CT molecular complexity index is 872. The quantitative estimate of drug-likeness (QED) is 0.749. The van der Waals surface area contributed by atoms with Gasteiger partial charge in [0.1, 0.15) is 0 Å². The van der Waals surface area contributed by atoms with Crippen molar-refractivity contribution >= 4 is 37.4 Å². The number of sulfone groups is 1. The van der Waals surface area contributed by atoms with Crippen LogP contribution in [-0.2, 0) is 24.7 Å². The average molecular weight is 421 g/mol. The Morgan fingerprint density at radius 2 is 1.77 bits per heavy atom. The van der Waals surface area contributed by atoms with Crippen LogP contribution in [0.1, 0.15) is 12.8 Å². The van der Waals surface area contributed by atoms with Crippen LogP contribution in [0.3, 0.4) is 0 Å². The number of sulfonamides is 1. The second-order valence-electron chi connectivity index (χ2n) is 6.08. The Balaban J connectivity index is 1.89. The smallest absolute Gasteiger partial charge is 0.243 e. The lowest BCUT2D eigenvalue weighted by molar-refractivity contribution is -0.125. The van der Waals surface area contributed by atoms with Gasteiger partial charge in [0, 0.05) is 42.2 Å². The number of halogens is 1. The number of nitrogens with one attached hydrogen (secondary N) is 1. The van der Waals surface area contributed by atoms with Crippen molar-refractivity contribution in [1.29, 1.82) is 0 Å². The molecule has 1 fully saturated rings. The Hall–Kier alpha value is -1.42. The third-order valence-electron chi connectivity index (χ3n) is 4.01. The van der Waals surface area contributed by atoms with E-state index >= 15 is 0 Å². The average Bonchev–Trinajstić information content (AvgIpc) is 2.58. The minimum atomic E-state index is -3.60. The zero-order valence-corrected chi connectivity index (χ0v) is 16.6. The van der Waals surface area contributed by atoms with Gasteiger partial charge in [0.2, 0.25) is 15.9 Å². The van der Waals surface area contributed by atoms with Gasteiger partial charge in [0.05, 0.1) is 4.90 Å². The van der Waals surface area contributed by atoms with Crippen LogP contribution in [0.25, 0.3) is 0 Å². The molecular weight excluding hydrogens is 400 g/mol. The summed E-state index contributed by atoms with van der Waals surface area (Å²) in [5, 5.41) is 4.14. The number of amides is 1. The van der Waals surface area contributed by atoms with E-state index in [-0.39, 0.29) is 36.4 Å². The van der Waals surface area contributed by atoms with Crippen LogP contribution in [0.15, 0.2) is 40.6 Å². The van der Waals surface area contributed by atoms with Gasteiger partial charge in [-0.15, -0.1) is 0 Å². The van der Waals surface area contributed by atoms with Crippen LogP contribution in [0, 0.1) is 5.92 Å². The molecule has 1 amide bonds. The predicted molar refractivity (Wildman–Crippen MR) is 99.9 cm³/mol. The van der Waals surface area contributed by atoms with Crippen LogP contribution in [0.2, 0.25) is 5.02 Å². The van der Waals surface area contributed by atoms with Crippen LogP contribution in [0.5, 0.6) is 0 Å². The number of benzene rings is 1. The summed E-state index contributed by atoms with van der Waals surface area (Å²) in [6.45, 7) is 0.625. The highest BCUT2D eigenvalue weighted by Gasteiger charge is 2.31. The number of carbonyl (C=O) groups excluding carboxylic acids is 1. The highest BCUT2D eigenvalue weighted by atomic mass is 35.5. The highest BCUT2D eigenvalue weighted by Crippen LogP contribution is 2.24. The molecule has 2 rings (SSSR count). The number of hydrogen-bond acceptors (Lipinski definition) is 5. The summed E-state index contributed by atoms with van der Waals surface area (Å²) < 4.78 is 48.5. The van der Waals surface area contributed by atoms with Gasteiger partial charge in [0.15, 0.2) is 9.84 Å². The van der Waals surface area contributed by atoms with E-state index < -0.39 is 19.9 Å². The molecule has 1 aliphatic heterocycles. The molecule has 0 bridgehead atoms. The van der Waals surface area contributed by atoms with E-state index in [9.17, 15) is 21.6 Å². The number of piperidine rings is 1. The molecule has 0 saturated carbocycles. The molecule has 0 spiro atoms.